The van der Waals surface area contributed by atoms with E-state index in [2.05, 4.69) is 10.3 Å². The second-order valence-electron chi connectivity index (χ2n) is 4.13. The van der Waals surface area contributed by atoms with Gasteiger partial charge in [0, 0.05) is 18.6 Å². The topological polar surface area (TPSA) is 77.4 Å². The minimum atomic E-state index is -4.50. The summed E-state index contributed by atoms with van der Waals surface area (Å²) in [6, 6.07) is 6.36. The minimum Gasteiger partial charge on any atom is -0.358 e. The van der Waals surface area contributed by atoms with E-state index in [4.69, 9.17) is 10.5 Å². The van der Waals surface area contributed by atoms with Crippen LogP contribution in [0.4, 0.5) is 18.9 Å². The molecule has 1 aromatic carbocycles. The first-order valence-corrected chi connectivity index (χ1v) is 5.92. The number of nitrogens with one attached hydrogen (secondary N) is 1. The summed E-state index contributed by atoms with van der Waals surface area (Å²) in [6.45, 7) is 0. The summed E-state index contributed by atoms with van der Waals surface area (Å²) in [6.07, 6.45) is 1.02. The van der Waals surface area contributed by atoms with Crippen molar-refractivity contribution in [2.75, 3.05) is 5.32 Å². The molecule has 0 bridgehead atoms. The van der Waals surface area contributed by atoms with Gasteiger partial charge in [0.15, 0.2) is 0 Å². The predicted molar refractivity (Wildman–Crippen MR) is 71.5 cm³/mol. The number of anilines is 1. The molecule has 0 aliphatic heterocycles. The average Bonchev–Trinajstić information content (AvgIpc) is 3.01. The van der Waals surface area contributed by atoms with Gasteiger partial charge >= 0.3 is 6.18 Å². The van der Waals surface area contributed by atoms with Crippen LogP contribution in [0.1, 0.15) is 5.56 Å². The number of hydrogen-bond acceptors (Lipinski definition) is 4. The zero-order valence-electron chi connectivity index (χ0n) is 11.0. The summed E-state index contributed by atoms with van der Waals surface area (Å²) in [5, 5.41) is 19.9. The number of aromatic nitrogens is 2. The van der Waals surface area contributed by atoms with Crippen LogP contribution in [-0.4, -0.2) is 9.55 Å². The lowest BCUT2D eigenvalue weighted by Crippen LogP contribution is -2.07. The lowest BCUT2D eigenvalue weighted by atomic mass is 10.1. The van der Waals surface area contributed by atoms with E-state index in [1.54, 1.807) is 18.3 Å². The molecule has 0 atom stereocenters. The van der Waals surface area contributed by atoms with E-state index >= 15 is 0 Å². The van der Waals surface area contributed by atoms with Gasteiger partial charge in [-0.15, -0.1) is 0 Å². The summed E-state index contributed by atoms with van der Waals surface area (Å²) in [5.74, 6) is 0. The maximum atomic E-state index is 12.8. The molecule has 8 heteroatoms. The SMILES string of the molecule is N#CC(C#N)=CNc1cc(C(F)(F)F)ccc1-n1ccnc1. The van der Waals surface area contributed by atoms with Gasteiger partial charge in [-0.1, -0.05) is 0 Å². The molecule has 0 spiro atoms. The number of imidazole rings is 1. The van der Waals surface area contributed by atoms with Gasteiger partial charge in [-0.05, 0) is 18.2 Å². The summed E-state index contributed by atoms with van der Waals surface area (Å²) in [7, 11) is 0. The van der Waals surface area contributed by atoms with E-state index in [9.17, 15) is 13.2 Å². The molecule has 0 aliphatic carbocycles. The zero-order chi connectivity index (χ0) is 16.2. The fraction of sp³-hybridized carbons (Fsp3) is 0.0714. The highest BCUT2D eigenvalue weighted by molar-refractivity contribution is 5.65. The number of nitriles is 2. The molecule has 0 radical (unpaired) electrons. The molecule has 0 amide bonds. The first-order valence-electron chi connectivity index (χ1n) is 5.92. The predicted octanol–water partition coefficient (Wildman–Crippen LogP) is 3.23. The van der Waals surface area contributed by atoms with E-state index in [0.717, 1.165) is 18.3 Å². The van der Waals surface area contributed by atoms with E-state index in [1.165, 1.54) is 23.2 Å². The first-order chi connectivity index (χ1) is 10.5. The molecular formula is C14H8F3N5. The van der Waals surface area contributed by atoms with Gasteiger partial charge in [-0.25, -0.2) is 4.98 Å². The Morgan fingerprint density at radius 2 is 2.00 bits per heavy atom. The van der Waals surface area contributed by atoms with Crippen LogP contribution in [0.2, 0.25) is 0 Å². The Bertz CT molecular complexity index is 760. The van der Waals surface area contributed by atoms with Crippen molar-refractivity contribution in [3.63, 3.8) is 0 Å². The van der Waals surface area contributed by atoms with Crippen molar-refractivity contribution in [3.05, 3.63) is 54.3 Å². The van der Waals surface area contributed by atoms with E-state index in [1.807, 2.05) is 0 Å². The number of rotatable bonds is 3. The molecule has 5 nitrogen and oxygen atoms in total. The fourth-order valence-corrected chi connectivity index (χ4v) is 1.69. The van der Waals surface area contributed by atoms with Gasteiger partial charge in [-0.2, -0.15) is 23.7 Å². The van der Waals surface area contributed by atoms with Crippen molar-refractivity contribution >= 4 is 5.69 Å². The summed E-state index contributed by atoms with van der Waals surface area (Å²) < 4.78 is 39.9. The molecule has 2 rings (SSSR count). The Balaban J connectivity index is 2.50. The average molecular weight is 303 g/mol. The molecule has 2 aromatic rings. The molecule has 0 saturated heterocycles. The molecule has 0 aliphatic rings. The van der Waals surface area contributed by atoms with Crippen molar-refractivity contribution in [3.8, 4) is 17.8 Å². The Morgan fingerprint density at radius 3 is 2.55 bits per heavy atom. The van der Waals surface area contributed by atoms with Crippen molar-refractivity contribution in [1.82, 2.24) is 9.55 Å². The molecule has 1 aromatic heterocycles. The van der Waals surface area contributed by atoms with Crippen LogP contribution in [0.25, 0.3) is 5.69 Å². The third-order valence-electron chi connectivity index (χ3n) is 2.72. The van der Waals surface area contributed by atoms with Gasteiger partial charge in [0.25, 0.3) is 0 Å². The van der Waals surface area contributed by atoms with Gasteiger partial charge in [0.05, 0.1) is 23.3 Å². The zero-order valence-corrected chi connectivity index (χ0v) is 11.0. The maximum Gasteiger partial charge on any atom is 0.416 e. The third-order valence-corrected chi connectivity index (χ3v) is 2.72. The van der Waals surface area contributed by atoms with Crippen LogP contribution in [0, 0.1) is 22.7 Å². The molecule has 1 heterocycles. The molecule has 1 N–H and O–H groups in total. The summed E-state index contributed by atoms with van der Waals surface area (Å²) >= 11 is 0. The third kappa shape index (κ3) is 3.25. The fourth-order valence-electron chi connectivity index (χ4n) is 1.69. The quantitative estimate of drug-likeness (QED) is 0.883. The lowest BCUT2D eigenvalue weighted by Gasteiger charge is -2.14. The highest BCUT2D eigenvalue weighted by atomic mass is 19.4. The Kier molecular flexibility index (Phi) is 4.14. The number of benzene rings is 1. The largest absolute Gasteiger partial charge is 0.416 e. The van der Waals surface area contributed by atoms with E-state index < -0.39 is 11.7 Å². The molecule has 110 valence electrons. The van der Waals surface area contributed by atoms with Crippen molar-refractivity contribution in [2.45, 2.75) is 6.18 Å². The van der Waals surface area contributed by atoms with Gasteiger partial charge < -0.3 is 9.88 Å². The second-order valence-corrected chi connectivity index (χ2v) is 4.13. The Morgan fingerprint density at radius 1 is 1.27 bits per heavy atom. The van der Waals surface area contributed by atoms with Crippen LogP contribution in [0.3, 0.4) is 0 Å². The van der Waals surface area contributed by atoms with E-state index in [0.29, 0.717) is 5.69 Å². The van der Waals surface area contributed by atoms with Gasteiger partial charge in [0.1, 0.15) is 17.7 Å². The normalized spacial score (nSPS) is 10.4. The second kappa shape index (κ2) is 6.02. The standard InChI is InChI=1S/C14H8F3N5/c15-14(16,17)11-1-2-13(22-4-3-20-9-22)12(5-11)21-8-10(6-18)7-19/h1-5,8-9,21H. The maximum absolute atomic E-state index is 12.8. The minimum absolute atomic E-state index is 0.0934. The van der Waals surface area contributed by atoms with E-state index in [-0.39, 0.29) is 11.3 Å². The summed E-state index contributed by atoms with van der Waals surface area (Å²) in [5.41, 5.74) is -0.607. The monoisotopic (exact) mass is 303 g/mol. The molecular weight excluding hydrogens is 295 g/mol. The van der Waals surface area contributed by atoms with Crippen LogP contribution < -0.4 is 5.32 Å². The van der Waals surface area contributed by atoms with Crippen molar-refractivity contribution in [2.24, 2.45) is 0 Å². The molecule has 0 unspecified atom stereocenters. The van der Waals surface area contributed by atoms with Crippen LogP contribution in [-0.2, 0) is 6.18 Å². The van der Waals surface area contributed by atoms with Crippen molar-refractivity contribution < 1.29 is 13.2 Å². The summed E-state index contributed by atoms with van der Waals surface area (Å²) in [4.78, 5) is 3.83. The highest BCUT2D eigenvalue weighted by Gasteiger charge is 2.31. The number of allylic oxidation sites excluding steroid dienone is 1. The van der Waals surface area contributed by atoms with Crippen LogP contribution >= 0.6 is 0 Å². The number of alkyl halides is 3. The van der Waals surface area contributed by atoms with Gasteiger partial charge in [-0.3, -0.25) is 0 Å². The number of halogens is 3. The Hall–Kier alpha value is -3.26. The number of nitrogens with zero attached hydrogens (tertiary/aromatic N) is 4. The van der Waals surface area contributed by atoms with Crippen molar-refractivity contribution in [1.29, 1.82) is 10.5 Å². The van der Waals surface area contributed by atoms with Crippen LogP contribution in [0.5, 0.6) is 0 Å². The first kappa shape index (κ1) is 15.1. The highest BCUT2D eigenvalue weighted by Crippen LogP contribution is 2.33. The molecule has 22 heavy (non-hydrogen) atoms. The smallest absolute Gasteiger partial charge is 0.358 e. The molecule has 0 saturated carbocycles. The molecule has 0 fully saturated rings. The van der Waals surface area contributed by atoms with Gasteiger partial charge in [0.2, 0.25) is 0 Å². The Labute approximate surface area is 123 Å². The lowest BCUT2D eigenvalue weighted by molar-refractivity contribution is -0.137. The van der Waals surface area contributed by atoms with Crippen LogP contribution in [0.15, 0.2) is 48.7 Å². The number of hydrogen-bond donors (Lipinski definition) is 1.